The molecule has 2 aromatic heterocycles. The van der Waals surface area contributed by atoms with Crippen molar-refractivity contribution in [3.05, 3.63) is 101 Å². The molecule has 0 fully saturated rings. The Kier molecular flexibility index (Phi) is 5.58. The van der Waals surface area contributed by atoms with Crippen LogP contribution in [0.2, 0.25) is 5.15 Å². The number of aromatic amines is 1. The highest BCUT2D eigenvalue weighted by molar-refractivity contribution is 6.30. The van der Waals surface area contributed by atoms with Gasteiger partial charge in [-0.15, -0.1) is 0 Å². The van der Waals surface area contributed by atoms with Crippen LogP contribution < -0.4 is 9.64 Å². The van der Waals surface area contributed by atoms with Gasteiger partial charge in [0.2, 0.25) is 0 Å². The highest BCUT2D eigenvalue weighted by atomic mass is 35.5. The van der Waals surface area contributed by atoms with E-state index in [-0.39, 0.29) is 0 Å². The standard InChI is InChI=1S/C28H24ClN5O/c1-18-32-24-9-7-21(15-25(24)33-18)20-8-10-26-22(14-20)16-34(11-12-35-26)28-23(27(29)30-17-31-28)13-19-5-3-2-4-6-19/h2-10,14-15,17H,11-13,16H2,1H3,(H,32,33). The summed E-state index contributed by atoms with van der Waals surface area (Å²) in [6.07, 6.45) is 2.21. The van der Waals surface area contributed by atoms with Crippen molar-refractivity contribution in [3.63, 3.8) is 0 Å². The Labute approximate surface area is 208 Å². The molecule has 3 aromatic carbocycles. The number of hydrogen-bond acceptors (Lipinski definition) is 5. The van der Waals surface area contributed by atoms with Gasteiger partial charge in [-0.2, -0.15) is 0 Å². The first-order valence-electron chi connectivity index (χ1n) is 11.6. The molecule has 1 aliphatic rings. The lowest BCUT2D eigenvalue weighted by Gasteiger charge is -2.24. The molecule has 0 spiro atoms. The molecule has 0 unspecified atom stereocenters. The zero-order valence-corrected chi connectivity index (χ0v) is 20.1. The number of nitrogens with zero attached hydrogens (tertiary/aromatic N) is 4. The maximum absolute atomic E-state index is 6.58. The summed E-state index contributed by atoms with van der Waals surface area (Å²) in [4.78, 5) is 19.0. The van der Waals surface area contributed by atoms with Crippen molar-refractivity contribution in [3.8, 4) is 16.9 Å². The molecule has 0 aliphatic carbocycles. The average molecular weight is 482 g/mol. The van der Waals surface area contributed by atoms with Crippen LogP contribution in [0.5, 0.6) is 5.75 Å². The van der Waals surface area contributed by atoms with Crippen molar-refractivity contribution >= 4 is 28.5 Å². The van der Waals surface area contributed by atoms with Crippen LogP contribution in [0.4, 0.5) is 5.82 Å². The van der Waals surface area contributed by atoms with E-state index in [2.05, 4.69) is 73.4 Å². The summed E-state index contributed by atoms with van der Waals surface area (Å²) in [5.41, 5.74) is 7.49. The Morgan fingerprint density at radius 2 is 1.83 bits per heavy atom. The normalized spacial score (nSPS) is 13.4. The first kappa shape index (κ1) is 21.6. The van der Waals surface area contributed by atoms with Gasteiger partial charge >= 0.3 is 0 Å². The third-order valence-corrected chi connectivity index (χ3v) is 6.69. The SMILES string of the molecule is Cc1nc2ccc(-c3ccc4c(c3)CN(c3ncnc(Cl)c3Cc3ccccc3)CCO4)cc2[nH]1. The van der Waals surface area contributed by atoms with Crippen molar-refractivity contribution in [1.29, 1.82) is 0 Å². The number of H-pyrrole nitrogens is 1. The van der Waals surface area contributed by atoms with Crippen molar-refractivity contribution in [1.82, 2.24) is 19.9 Å². The van der Waals surface area contributed by atoms with Gasteiger partial charge in [-0.1, -0.05) is 54.1 Å². The lowest BCUT2D eigenvalue weighted by molar-refractivity contribution is 0.331. The summed E-state index contributed by atoms with van der Waals surface area (Å²) in [6.45, 7) is 3.92. The number of aromatic nitrogens is 4. The molecule has 0 saturated carbocycles. The van der Waals surface area contributed by atoms with Crippen LogP contribution in [-0.2, 0) is 13.0 Å². The van der Waals surface area contributed by atoms with E-state index in [0.717, 1.165) is 50.7 Å². The zero-order chi connectivity index (χ0) is 23.8. The third kappa shape index (κ3) is 4.33. The molecule has 1 aliphatic heterocycles. The summed E-state index contributed by atoms with van der Waals surface area (Å²) in [6, 6.07) is 23.0. The van der Waals surface area contributed by atoms with Gasteiger partial charge in [0.05, 0.1) is 17.6 Å². The van der Waals surface area contributed by atoms with Gasteiger partial charge in [0.25, 0.3) is 0 Å². The Bertz CT molecular complexity index is 1520. The Morgan fingerprint density at radius 3 is 2.71 bits per heavy atom. The monoisotopic (exact) mass is 481 g/mol. The Morgan fingerprint density at radius 1 is 1.00 bits per heavy atom. The van der Waals surface area contributed by atoms with E-state index < -0.39 is 0 Å². The topological polar surface area (TPSA) is 66.9 Å². The van der Waals surface area contributed by atoms with Gasteiger partial charge in [-0.05, 0) is 47.9 Å². The minimum atomic E-state index is 0.487. The largest absolute Gasteiger partial charge is 0.491 e. The van der Waals surface area contributed by atoms with E-state index in [4.69, 9.17) is 16.3 Å². The predicted octanol–water partition coefficient (Wildman–Crippen LogP) is 5.97. The van der Waals surface area contributed by atoms with Gasteiger partial charge < -0.3 is 14.6 Å². The first-order chi connectivity index (χ1) is 17.1. The molecule has 7 heteroatoms. The van der Waals surface area contributed by atoms with E-state index in [9.17, 15) is 0 Å². The molecule has 0 radical (unpaired) electrons. The molecule has 174 valence electrons. The molecular weight excluding hydrogens is 458 g/mol. The number of aryl methyl sites for hydroxylation is 1. The number of ether oxygens (including phenoxy) is 1. The highest BCUT2D eigenvalue weighted by Gasteiger charge is 2.22. The smallest absolute Gasteiger partial charge is 0.138 e. The lowest BCUT2D eigenvalue weighted by atomic mass is 10.0. The molecule has 0 atom stereocenters. The number of anilines is 1. The van der Waals surface area contributed by atoms with Gasteiger partial charge in [0.15, 0.2) is 0 Å². The molecule has 0 bridgehead atoms. The molecule has 0 saturated heterocycles. The maximum atomic E-state index is 6.58. The van der Waals surface area contributed by atoms with Gasteiger partial charge in [0.1, 0.15) is 35.5 Å². The van der Waals surface area contributed by atoms with Crippen LogP contribution in [-0.4, -0.2) is 33.1 Å². The maximum Gasteiger partial charge on any atom is 0.138 e. The Hall–Kier alpha value is -3.90. The van der Waals surface area contributed by atoms with E-state index in [1.54, 1.807) is 0 Å². The van der Waals surface area contributed by atoms with Crippen LogP contribution in [0.25, 0.3) is 22.2 Å². The van der Waals surface area contributed by atoms with Gasteiger partial charge in [0, 0.05) is 24.1 Å². The van der Waals surface area contributed by atoms with Gasteiger partial charge in [-0.3, -0.25) is 0 Å². The fourth-order valence-electron chi connectivity index (χ4n) is 4.68. The van der Waals surface area contributed by atoms with E-state index in [1.165, 1.54) is 11.9 Å². The summed E-state index contributed by atoms with van der Waals surface area (Å²) in [7, 11) is 0. The molecule has 6 rings (SSSR count). The first-order valence-corrected chi connectivity index (χ1v) is 12.0. The van der Waals surface area contributed by atoms with Crippen molar-refractivity contribution in [2.24, 2.45) is 0 Å². The third-order valence-electron chi connectivity index (χ3n) is 6.37. The van der Waals surface area contributed by atoms with Crippen molar-refractivity contribution < 1.29 is 4.74 Å². The number of hydrogen-bond donors (Lipinski definition) is 1. The summed E-state index contributed by atoms with van der Waals surface area (Å²) >= 11 is 6.58. The summed E-state index contributed by atoms with van der Waals surface area (Å²) in [5.74, 6) is 2.67. The molecular formula is C28H24ClN5O. The fourth-order valence-corrected chi connectivity index (χ4v) is 4.87. The van der Waals surface area contributed by atoms with Crippen LogP contribution >= 0.6 is 11.6 Å². The van der Waals surface area contributed by atoms with E-state index in [0.29, 0.717) is 31.3 Å². The predicted molar refractivity (Wildman–Crippen MR) is 139 cm³/mol. The second-order valence-corrected chi connectivity index (χ2v) is 9.13. The minimum Gasteiger partial charge on any atom is -0.491 e. The van der Waals surface area contributed by atoms with Gasteiger partial charge in [-0.25, -0.2) is 15.0 Å². The van der Waals surface area contributed by atoms with Crippen LogP contribution in [0.3, 0.4) is 0 Å². The van der Waals surface area contributed by atoms with E-state index in [1.807, 2.05) is 25.1 Å². The number of nitrogens with one attached hydrogen (secondary N) is 1. The molecule has 6 nitrogen and oxygen atoms in total. The van der Waals surface area contributed by atoms with Crippen molar-refractivity contribution in [2.75, 3.05) is 18.1 Å². The van der Waals surface area contributed by atoms with E-state index >= 15 is 0 Å². The average Bonchev–Trinajstić information content (AvgIpc) is 3.11. The minimum absolute atomic E-state index is 0.487. The summed E-state index contributed by atoms with van der Waals surface area (Å²) < 4.78 is 6.12. The van der Waals surface area contributed by atoms with Crippen molar-refractivity contribution in [2.45, 2.75) is 19.9 Å². The molecule has 35 heavy (non-hydrogen) atoms. The molecule has 3 heterocycles. The lowest BCUT2D eigenvalue weighted by Crippen LogP contribution is -2.27. The number of benzene rings is 3. The second-order valence-electron chi connectivity index (χ2n) is 8.78. The zero-order valence-electron chi connectivity index (χ0n) is 19.3. The highest BCUT2D eigenvalue weighted by Crippen LogP contribution is 2.33. The summed E-state index contributed by atoms with van der Waals surface area (Å²) in [5, 5.41) is 0.487. The van der Waals surface area contributed by atoms with Crippen LogP contribution in [0.15, 0.2) is 73.1 Å². The number of halogens is 1. The number of rotatable bonds is 4. The molecule has 5 aromatic rings. The molecule has 0 amide bonds. The second kappa shape index (κ2) is 9.04. The van der Waals surface area contributed by atoms with Crippen LogP contribution in [0.1, 0.15) is 22.5 Å². The quantitative estimate of drug-likeness (QED) is 0.320. The Balaban J connectivity index is 1.35. The molecule has 1 N–H and O–H groups in total. The number of imidazole rings is 1. The van der Waals surface area contributed by atoms with Crippen LogP contribution in [0, 0.1) is 6.92 Å². The fraction of sp³-hybridized carbons (Fsp3) is 0.179. The number of fused-ring (bicyclic) bond motifs is 2.